The lowest BCUT2D eigenvalue weighted by Gasteiger charge is -2.29. The van der Waals surface area contributed by atoms with Gasteiger partial charge in [0.05, 0.1) is 37.0 Å². The van der Waals surface area contributed by atoms with Gasteiger partial charge in [-0.2, -0.15) is 0 Å². The molecular formula is C16H19N3O2. The van der Waals surface area contributed by atoms with Crippen LogP contribution in [0.1, 0.15) is 0 Å². The number of hydrogen-bond donors (Lipinski definition) is 1. The van der Waals surface area contributed by atoms with Gasteiger partial charge in [-0.1, -0.05) is 0 Å². The smallest absolute Gasteiger partial charge is 0.115 e. The van der Waals surface area contributed by atoms with Crippen LogP contribution in [0.5, 0.6) is 5.75 Å². The molecule has 1 aromatic carbocycles. The highest BCUT2D eigenvalue weighted by atomic mass is 16.5. The molecule has 2 heterocycles. The van der Waals surface area contributed by atoms with Crippen LogP contribution in [0, 0.1) is 0 Å². The molecule has 110 valence electrons. The largest absolute Gasteiger partial charge is 0.508 e. The van der Waals surface area contributed by atoms with Crippen LogP contribution in [0.3, 0.4) is 0 Å². The lowest BCUT2D eigenvalue weighted by Crippen LogP contribution is -2.36. The summed E-state index contributed by atoms with van der Waals surface area (Å²) in [6.07, 6.45) is 3.73. The maximum absolute atomic E-state index is 9.37. The zero-order chi connectivity index (χ0) is 14.7. The van der Waals surface area contributed by atoms with Crippen molar-refractivity contribution in [3.05, 3.63) is 42.7 Å². The van der Waals surface area contributed by atoms with Crippen LogP contribution in [-0.2, 0) is 4.74 Å². The summed E-state index contributed by atoms with van der Waals surface area (Å²) in [6, 6.07) is 9.27. The van der Waals surface area contributed by atoms with Crippen molar-refractivity contribution in [2.45, 2.75) is 0 Å². The summed E-state index contributed by atoms with van der Waals surface area (Å²) in [5.74, 6) is 0.271. The first-order valence-corrected chi connectivity index (χ1v) is 7.04. The molecule has 2 aromatic rings. The second-order valence-corrected chi connectivity index (χ2v) is 5.08. The molecule has 0 saturated carbocycles. The molecule has 0 unspecified atom stereocenters. The Bertz CT molecular complexity index is 595. The van der Waals surface area contributed by atoms with E-state index in [0.717, 1.165) is 43.4 Å². The van der Waals surface area contributed by atoms with E-state index in [1.165, 1.54) is 0 Å². The summed E-state index contributed by atoms with van der Waals surface area (Å²) in [7, 11) is 1.99. The van der Waals surface area contributed by atoms with Crippen molar-refractivity contribution in [3.8, 4) is 5.75 Å². The predicted molar refractivity (Wildman–Crippen MR) is 83.4 cm³/mol. The quantitative estimate of drug-likeness (QED) is 0.938. The fourth-order valence-electron chi connectivity index (χ4n) is 2.42. The summed E-state index contributed by atoms with van der Waals surface area (Å²) < 4.78 is 5.38. The third kappa shape index (κ3) is 3.08. The van der Waals surface area contributed by atoms with E-state index in [4.69, 9.17) is 4.74 Å². The van der Waals surface area contributed by atoms with Crippen LogP contribution < -0.4 is 9.80 Å². The van der Waals surface area contributed by atoms with Gasteiger partial charge in [-0.15, -0.1) is 0 Å². The summed E-state index contributed by atoms with van der Waals surface area (Å²) in [5.41, 5.74) is 3.14. The van der Waals surface area contributed by atoms with Gasteiger partial charge in [0.2, 0.25) is 0 Å². The Balaban J connectivity index is 1.83. The normalized spacial score (nSPS) is 15.0. The van der Waals surface area contributed by atoms with Crippen LogP contribution in [0.15, 0.2) is 42.7 Å². The molecule has 0 radical (unpaired) electrons. The molecule has 1 saturated heterocycles. The summed E-state index contributed by atoms with van der Waals surface area (Å²) in [5, 5.41) is 9.37. The standard InChI is InChI=1S/C16H19N3O2/c1-18(13-2-4-16(20)5-3-13)14-10-15(12-17-11-14)19-6-8-21-9-7-19/h2-5,10-12,20H,6-9H2,1H3. The minimum Gasteiger partial charge on any atom is -0.508 e. The van der Waals surface area contributed by atoms with E-state index in [0.29, 0.717) is 0 Å². The van der Waals surface area contributed by atoms with E-state index in [9.17, 15) is 5.11 Å². The molecule has 0 amide bonds. The van der Waals surface area contributed by atoms with Gasteiger partial charge in [0, 0.05) is 25.8 Å². The first-order valence-electron chi connectivity index (χ1n) is 7.04. The van der Waals surface area contributed by atoms with Gasteiger partial charge in [-0.3, -0.25) is 4.98 Å². The Labute approximate surface area is 124 Å². The molecule has 1 fully saturated rings. The van der Waals surface area contributed by atoms with E-state index in [1.54, 1.807) is 12.1 Å². The fraction of sp³-hybridized carbons (Fsp3) is 0.312. The van der Waals surface area contributed by atoms with Gasteiger partial charge in [-0.05, 0) is 30.3 Å². The second-order valence-electron chi connectivity index (χ2n) is 5.08. The molecule has 0 spiro atoms. The number of ether oxygens (including phenoxy) is 1. The van der Waals surface area contributed by atoms with Crippen molar-refractivity contribution < 1.29 is 9.84 Å². The fourth-order valence-corrected chi connectivity index (χ4v) is 2.42. The van der Waals surface area contributed by atoms with Crippen LogP contribution in [-0.4, -0.2) is 43.4 Å². The van der Waals surface area contributed by atoms with Crippen LogP contribution in [0.2, 0.25) is 0 Å². The molecule has 21 heavy (non-hydrogen) atoms. The Morgan fingerprint density at radius 3 is 2.52 bits per heavy atom. The minimum absolute atomic E-state index is 0.271. The van der Waals surface area contributed by atoms with Crippen LogP contribution >= 0.6 is 0 Å². The number of anilines is 3. The van der Waals surface area contributed by atoms with Crippen molar-refractivity contribution in [3.63, 3.8) is 0 Å². The van der Waals surface area contributed by atoms with Crippen molar-refractivity contribution in [1.29, 1.82) is 0 Å². The number of phenols is 1. The van der Waals surface area contributed by atoms with E-state index < -0.39 is 0 Å². The van der Waals surface area contributed by atoms with Crippen LogP contribution in [0.25, 0.3) is 0 Å². The van der Waals surface area contributed by atoms with Gasteiger partial charge in [-0.25, -0.2) is 0 Å². The number of pyridine rings is 1. The third-order valence-electron chi connectivity index (χ3n) is 3.71. The van der Waals surface area contributed by atoms with E-state index in [2.05, 4.69) is 20.9 Å². The number of hydrogen-bond acceptors (Lipinski definition) is 5. The van der Waals surface area contributed by atoms with Crippen molar-refractivity contribution in [2.24, 2.45) is 0 Å². The number of benzene rings is 1. The number of nitrogens with zero attached hydrogens (tertiary/aromatic N) is 3. The average molecular weight is 285 g/mol. The first kappa shape index (κ1) is 13.7. The zero-order valence-electron chi connectivity index (χ0n) is 12.1. The summed E-state index contributed by atoms with van der Waals surface area (Å²) >= 11 is 0. The Kier molecular flexibility index (Phi) is 3.92. The molecule has 1 aromatic heterocycles. The van der Waals surface area contributed by atoms with Crippen LogP contribution in [0.4, 0.5) is 17.1 Å². The van der Waals surface area contributed by atoms with Crippen molar-refractivity contribution in [2.75, 3.05) is 43.2 Å². The summed E-state index contributed by atoms with van der Waals surface area (Å²) in [4.78, 5) is 8.68. The average Bonchev–Trinajstić information content (AvgIpc) is 2.56. The topological polar surface area (TPSA) is 48.8 Å². The molecule has 5 nitrogen and oxygen atoms in total. The SMILES string of the molecule is CN(c1ccc(O)cc1)c1cncc(N2CCOCC2)c1. The Morgan fingerprint density at radius 2 is 1.81 bits per heavy atom. The molecule has 0 bridgehead atoms. The van der Waals surface area contributed by atoms with E-state index >= 15 is 0 Å². The van der Waals surface area contributed by atoms with Crippen molar-refractivity contribution >= 4 is 17.1 Å². The van der Waals surface area contributed by atoms with E-state index in [-0.39, 0.29) is 5.75 Å². The van der Waals surface area contributed by atoms with Gasteiger partial charge in [0.15, 0.2) is 0 Å². The first-order chi connectivity index (χ1) is 10.2. The zero-order valence-corrected chi connectivity index (χ0v) is 12.1. The maximum atomic E-state index is 9.37. The van der Waals surface area contributed by atoms with Gasteiger partial charge in [0.25, 0.3) is 0 Å². The van der Waals surface area contributed by atoms with Gasteiger partial charge in [0.1, 0.15) is 5.75 Å². The number of aromatic hydroxyl groups is 1. The lowest BCUT2D eigenvalue weighted by molar-refractivity contribution is 0.122. The number of rotatable bonds is 3. The Hall–Kier alpha value is -2.27. The number of aromatic nitrogens is 1. The molecule has 0 aliphatic carbocycles. The molecule has 1 N–H and O–H groups in total. The lowest BCUT2D eigenvalue weighted by atomic mass is 10.2. The molecule has 5 heteroatoms. The molecule has 1 aliphatic heterocycles. The number of morpholine rings is 1. The molecule has 0 atom stereocenters. The predicted octanol–water partition coefficient (Wildman–Crippen LogP) is 2.39. The number of phenolic OH excluding ortho intramolecular Hbond substituents is 1. The third-order valence-corrected chi connectivity index (χ3v) is 3.71. The molecular weight excluding hydrogens is 266 g/mol. The highest BCUT2D eigenvalue weighted by Crippen LogP contribution is 2.27. The molecule has 1 aliphatic rings. The monoisotopic (exact) mass is 285 g/mol. The molecule has 3 rings (SSSR count). The highest BCUT2D eigenvalue weighted by molar-refractivity contribution is 5.66. The Morgan fingerprint density at radius 1 is 1.10 bits per heavy atom. The van der Waals surface area contributed by atoms with E-state index in [1.807, 2.05) is 31.6 Å². The van der Waals surface area contributed by atoms with Gasteiger partial charge >= 0.3 is 0 Å². The highest BCUT2D eigenvalue weighted by Gasteiger charge is 2.13. The minimum atomic E-state index is 0.271. The second kappa shape index (κ2) is 6.01. The summed E-state index contributed by atoms with van der Waals surface area (Å²) in [6.45, 7) is 3.32. The van der Waals surface area contributed by atoms with Crippen molar-refractivity contribution in [1.82, 2.24) is 4.98 Å². The van der Waals surface area contributed by atoms with Gasteiger partial charge < -0.3 is 19.6 Å². The maximum Gasteiger partial charge on any atom is 0.115 e.